The molecule has 0 radical (unpaired) electrons. The molecule has 15 N–H and O–H groups in total. The van der Waals surface area contributed by atoms with Crippen molar-refractivity contribution in [2.24, 2.45) is 40.1 Å². The molecule has 2 aromatic rings. The zero-order valence-electron chi connectivity index (χ0n) is 17.7. The lowest BCUT2D eigenvalue weighted by Crippen LogP contribution is -2.75. The molecule has 2 aromatic carbocycles. The first kappa shape index (κ1) is 22.1. The summed E-state index contributed by atoms with van der Waals surface area (Å²) in [7, 11) is 0. The third-order valence-corrected chi connectivity index (χ3v) is 6.06. The van der Waals surface area contributed by atoms with Gasteiger partial charge in [-0.3, -0.25) is 0 Å². The average Bonchev–Trinajstić information content (AvgIpc) is 2.73. The minimum atomic E-state index is -1.52. The molecule has 0 heterocycles. The van der Waals surface area contributed by atoms with Crippen LogP contribution in [0, 0.1) is 0 Å². The Kier molecular flexibility index (Phi) is 5.19. The molecule has 0 spiro atoms. The highest BCUT2D eigenvalue weighted by Gasteiger charge is 2.49. The number of benzene rings is 2. The van der Waals surface area contributed by atoms with Crippen molar-refractivity contribution in [2.45, 2.75) is 22.7 Å². The van der Waals surface area contributed by atoms with E-state index >= 15 is 0 Å². The number of nitrogens with one attached hydrogen (secondary N) is 1. The molecule has 0 bridgehead atoms. The number of para-hydroxylation sites is 1. The summed E-state index contributed by atoms with van der Waals surface area (Å²) in [5, 5.41) is 3.28. The van der Waals surface area contributed by atoms with E-state index in [1.807, 2.05) is 66.7 Å². The lowest BCUT2D eigenvalue weighted by Gasteiger charge is -2.47. The molecule has 0 amide bonds. The van der Waals surface area contributed by atoms with Crippen molar-refractivity contribution in [3.8, 4) is 0 Å². The van der Waals surface area contributed by atoms with Crippen molar-refractivity contribution in [1.29, 1.82) is 0 Å². The summed E-state index contributed by atoms with van der Waals surface area (Å²) in [6.45, 7) is 0. The van der Waals surface area contributed by atoms with Crippen LogP contribution in [0.1, 0.15) is 5.56 Å². The van der Waals surface area contributed by atoms with E-state index in [0.717, 1.165) is 16.8 Å². The summed E-state index contributed by atoms with van der Waals surface area (Å²) in [5.41, 5.74) is 42.9. The van der Waals surface area contributed by atoms with Gasteiger partial charge in [0.25, 0.3) is 0 Å². The fourth-order valence-electron chi connectivity index (χ4n) is 3.98. The number of rotatable bonds is 4. The second kappa shape index (κ2) is 7.51. The molecule has 0 fully saturated rings. The first-order valence-electron chi connectivity index (χ1n) is 10.2. The molecule has 1 atom stereocenters. The Bertz CT molecular complexity index is 1130. The first-order chi connectivity index (χ1) is 15.0. The van der Waals surface area contributed by atoms with Crippen LogP contribution in [0.25, 0.3) is 5.57 Å². The molecule has 0 aliphatic heterocycles. The normalized spacial score (nSPS) is 25.4. The quantitative estimate of drug-likeness (QED) is 0.313. The van der Waals surface area contributed by atoms with E-state index in [1.54, 1.807) is 24.3 Å². The van der Waals surface area contributed by atoms with Gasteiger partial charge >= 0.3 is 0 Å². The summed E-state index contributed by atoms with van der Waals surface area (Å²) >= 11 is 0. The first-order valence-corrected chi connectivity index (χ1v) is 10.2. The lowest BCUT2D eigenvalue weighted by molar-refractivity contribution is 0.346. The SMILES string of the molecule is NC1(N)C=CC(C2=C(c3ccccc3)C(N)(N)C(N)(Nc3ccccc3)C=C2)=CC1(N)N. The van der Waals surface area contributed by atoms with E-state index in [4.69, 9.17) is 40.1 Å². The van der Waals surface area contributed by atoms with Crippen molar-refractivity contribution >= 4 is 11.3 Å². The Labute approximate surface area is 187 Å². The van der Waals surface area contributed by atoms with Gasteiger partial charge in [-0.25, -0.2) is 0 Å². The molecule has 2 aliphatic carbocycles. The smallest absolute Gasteiger partial charge is 0.142 e. The van der Waals surface area contributed by atoms with Gasteiger partial charge in [0.1, 0.15) is 22.7 Å². The molecular weight excluding hydrogens is 400 g/mol. The van der Waals surface area contributed by atoms with Crippen molar-refractivity contribution in [3.63, 3.8) is 0 Å². The van der Waals surface area contributed by atoms with Crippen LogP contribution in [0.15, 0.2) is 102 Å². The van der Waals surface area contributed by atoms with E-state index < -0.39 is 22.7 Å². The molecule has 1 unspecified atom stereocenters. The highest BCUT2D eigenvalue weighted by atomic mass is 15.2. The molecule has 0 saturated heterocycles. The third-order valence-electron chi connectivity index (χ3n) is 6.06. The Morgan fingerprint density at radius 2 is 1.22 bits per heavy atom. The van der Waals surface area contributed by atoms with Crippen LogP contribution < -0.4 is 45.5 Å². The maximum absolute atomic E-state index is 6.82. The van der Waals surface area contributed by atoms with Gasteiger partial charge in [-0.05, 0) is 47.1 Å². The van der Waals surface area contributed by atoms with Crippen LogP contribution in [0.5, 0.6) is 0 Å². The maximum Gasteiger partial charge on any atom is 0.142 e. The van der Waals surface area contributed by atoms with Crippen molar-refractivity contribution in [1.82, 2.24) is 0 Å². The Morgan fingerprint density at radius 1 is 0.625 bits per heavy atom. The standard InChI is InChI=1S/C24H30N8/c25-21(26)13-11-17(15-22(21,27)28)19-12-14-23(29,32-18-9-5-2-6-10-18)24(30,31)20(19)16-7-3-1-4-8-16/h1-15,32H,25-31H2. The van der Waals surface area contributed by atoms with Gasteiger partial charge in [0.15, 0.2) is 0 Å². The monoisotopic (exact) mass is 430 g/mol. The van der Waals surface area contributed by atoms with E-state index in [0.29, 0.717) is 11.1 Å². The summed E-state index contributed by atoms with van der Waals surface area (Å²) in [4.78, 5) is 0. The topological polar surface area (TPSA) is 194 Å². The second-order valence-electron chi connectivity index (χ2n) is 8.52. The molecular formula is C24H30N8. The van der Waals surface area contributed by atoms with Gasteiger partial charge in [0.2, 0.25) is 0 Å². The van der Waals surface area contributed by atoms with E-state index in [2.05, 4.69) is 5.32 Å². The average molecular weight is 431 g/mol. The highest BCUT2D eigenvalue weighted by molar-refractivity contribution is 5.86. The van der Waals surface area contributed by atoms with Gasteiger partial charge in [0.05, 0.1) is 0 Å². The summed E-state index contributed by atoms with van der Waals surface area (Å²) in [5.74, 6) is 0. The van der Waals surface area contributed by atoms with E-state index in [-0.39, 0.29) is 0 Å². The minimum absolute atomic E-state index is 0.625. The van der Waals surface area contributed by atoms with Crippen LogP contribution in [0.2, 0.25) is 0 Å². The fourth-order valence-corrected chi connectivity index (χ4v) is 3.98. The van der Waals surface area contributed by atoms with Crippen molar-refractivity contribution in [2.75, 3.05) is 5.32 Å². The maximum atomic E-state index is 6.82. The Balaban J connectivity index is 1.89. The van der Waals surface area contributed by atoms with E-state index in [9.17, 15) is 0 Å². The summed E-state index contributed by atoms with van der Waals surface area (Å²) in [6.07, 6.45) is 8.58. The molecule has 4 rings (SSSR count). The van der Waals surface area contributed by atoms with Crippen LogP contribution in [0.4, 0.5) is 5.69 Å². The molecule has 0 aromatic heterocycles. The molecule has 8 heteroatoms. The van der Waals surface area contributed by atoms with Crippen LogP contribution in [-0.4, -0.2) is 22.7 Å². The Hall–Kier alpha value is -3.08. The molecule has 2 aliphatic rings. The van der Waals surface area contributed by atoms with Crippen LogP contribution in [-0.2, 0) is 0 Å². The van der Waals surface area contributed by atoms with Crippen LogP contribution >= 0.6 is 0 Å². The number of hydrogen-bond donors (Lipinski definition) is 8. The zero-order chi connectivity index (χ0) is 23.2. The predicted octanol–water partition coefficient (Wildman–Crippen LogP) is 0.114. The summed E-state index contributed by atoms with van der Waals surface area (Å²) in [6, 6.07) is 19.1. The van der Waals surface area contributed by atoms with Gasteiger partial charge < -0.3 is 45.5 Å². The fraction of sp³-hybridized carbons (Fsp3) is 0.167. The van der Waals surface area contributed by atoms with Gasteiger partial charge in [-0.2, -0.15) is 0 Å². The predicted molar refractivity (Wildman–Crippen MR) is 130 cm³/mol. The number of hydrogen-bond acceptors (Lipinski definition) is 8. The van der Waals surface area contributed by atoms with Gasteiger partial charge in [0, 0.05) is 11.3 Å². The lowest BCUT2D eigenvalue weighted by atomic mass is 9.73. The zero-order valence-corrected chi connectivity index (χ0v) is 17.7. The van der Waals surface area contributed by atoms with Crippen molar-refractivity contribution < 1.29 is 0 Å². The van der Waals surface area contributed by atoms with E-state index in [1.165, 1.54) is 0 Å². The molecule has 32 heavy (non-hydrogen) atoms. The largest absolute Gasteiger partial charge is 0.361 e. The number of nitrogens with two attached hydrogens (primary N) is 7. The van der Waals surface area contributed by atoms with Gasteiger partial charge in [-0.15, -0.1) is 0 Å². The van der Waals surface area contributed by atoms with Crippen LogP contribution in [0.3, 0.4) is 0 Å². The minimum Gasteiger partial charge on any atom is -0.361 e. The Morgan fingerprint density at radius 3 is 1.81 bits per heavy atom. The summed E-state index contributed by atoms with van der Waals surface area (Å²) < 4.78 is 0. The second-order valence-corrected chi connectivity index (χ2v) is 8.52. The van der Waals surface area contributed by atoms with Gasteiger partial charge in [-0.1, -0.05) is 60.7 Å². The highest BCUT2D eigenvalue weighted by Crippen LogP contribution is 2.41. The van der Waals surface area contributed by atoms with Crippen molar-refractivity contribution in [3.05, 3.63) is 108 Å². The third kappa shape index (κ3) is 3.60. The molecule has 166 valence electrons. The number of anilines is 1. The molecule has 0 saturated carbocycles. The molecule has 8 nitrogen and oxygen atoms in total. The number of allylic oxidation sites excluding steroid dienone is 4.